The predicted molar refractivity (Wildman–Crippen MR) is 82.3 cm³/mol. The van der Waals surface area contributed by atoms with Crippen LogP contribution in [0.1, 0.15) is 11.1 Å². The zero-order valence-corrected chi connectivity index (χ0v) is 11.5. The summed E-state index contributed by atoms with van der Waals surface area (Å²) in [6, 6.07) is 18.7. The van der Waals surface area contributed by atoms with E-state index in [-0.39, 0.29) is 6.92 Å². The molecule has 5 heteroatoms. The van der Waals surface area contributed by atoms with Crippen molar-refractivity contribution in [3.8, 4) is 12.1 Å². The molecule has 0 fully saturated rings. The van der Waals surface area contributed by atoms with E-state index in [1.807, 2.05) is 24.3 Å². The highest BCUT2D eigenvalue weighted by molar-refractivity contribution is 6.80. The number of nitrogens with zero attached hydrogens (tertiary/aromatic N) is 2. The molecule has 0 heterocycles. The molecule has 2 aromatic carbocycles. The Labute approximate surface area is 124 Å². The molecule has 0 aliphatic carbocycles. The molecule has 0 unspecified atom stereocenters. The highest BCUT2D eigenvalue weighted by Gasteiger charge is 2.21. The van der Waals surface area contributed by atoms with Crippen LogP contribution in [0.2, 0.25) is 0 Å². The molecule has 0 amide bonds. The fraction of sp³-hybridized carbons (Fsp3) is 0.125. The lowest BCUT2D eigenvalue weighted by atomic mass is 9.55. The molecule has 0 aliphatic rings. The Morgan fingerprint density at radius 3 is 1.62 bits per heavy atom. The van der Waals surface area contributed by atoms with Crippen molar-refractivity contribution in [1.82, 2.24) is 0 Å². The molecule has 0 atom stereocenters. The van der Waals surface area contributed by atoms with Crippen molar-refractivity contribution in [3.63, 3.8) is 0 Å². The summed E-state index contributed by atoms with van der Waals surface area (Å²) < 4.78 is 5.82. The van der Waals surface area contributed by atoms with Gasteiger partial charge in [-0.05, 0) is 35.2 Å². The summed E-state index contributed by atoms with van der Waals surface area (Å²) in [5.41, 5.74) is 8.63. The van der Waals surface area contributed by atoms with Gasteiger partial charge >= 0.3 is 6.92 Å². The molecule has 0 saturated carbocycles. The normalized spacial score (nSPS) is 9.67. The van der Waals surface area contributed by atoms with Crippen LogP contribution in [0.3, 0.4) is 0 Å². The van der Waals surface area contributed by atoms with Crippen molar-refractivity contribution in [3.05, 3.63) is 59.7 Å². The van der Waals surface area contributed by atoms with Crippen molar-refractivity contribution in [2.24, 2.45) is 5.73 Å². The molecule has 0 aromatic heterocycles. The first-order valence-corrected chi connectivity index (χ1v) is 6.60. The van der Waals surface area contributed by atoms with Crippen LogP contribution in [0.25, 0.3) is 0 Å². The number of rotatable bonds is 5. The lowest BCUT2D eigenvalue weighted by Gasteiger charge is -2.15. The standard InChI is InChI=1S/C16H14BN3O/c18-9-10-21-17(15-5-1-13(11-19)2-6-15)16-7-3-14(12-20)4-8-16/h1-8H,9-10,18H2. The predicted octanol–water partition coefficient (Wildman–Crippen LogP) is 0.511. The van der Waals surface area contributed by atoms with Gasteiger partial charge in [0.15, 0.2) is 0 Å². The van der Waals surface area contributed by atoms with Crippen LogP contribution >= 0.6 is 0 Å². The van der Waals surface area contributed by atoms with E-state index in [2.05, 4.69) is 12.1 Å². The second-order valence-electron chi connectivity index (χ2n) is 4.51. The molecule has 21 heavy (non-hydrogen) atoms. The molecule has 0 spiro atoms. The smallest absolute Gasteiger partial charge is 0.361 e. The minimum atomic E-state index is -0.256. The van der Waals surface area contributed by atoms with E-state index in [1.54, 1.807) is 24.3 Å². The van der Waals surface area contributed by atoms with Crippen LogP contribution in [0.15, 0.2) is 48.5 Å². The fourth-order valence-corrected chi connectivity index (χ4v) is 2.04. The van der Waals surface area contributed by atoms with Crippen LogP contribution in [0, 0.1) is 22.7 Å². The molecule has 4 nitrogen and oxygen atoms in total. The Morgan fingerprint density at radius 2 is 1.29 bits per heavy atom. The first-order chi connectivity index (χ1) is 10.3. The topological polar surface area (TPSA) is 82.8 Å². The minimum Gasteiger partial charge on any atom is -0.426 e. The summed E-state index contributed by atoms with van der Waals surface area (Å²) in [4.78, 5) is 0. The first-order valence-electron chi connectivity index (χ1n) is 6.60. The summed E-state index contributed by atoms with van der Waals surface area (Å²) in [6.07, 6.45) is 0. The van der Waals surface area contributed by atoms with E-state index in [0.717, 1.165) is 10.9 Å². The van der Waals surface area contributed by atoms with Crippen molar-refractivity contribution in [2.45, 2.75) is 0 Å². The lowest BCUT2D eigenvalue weighted by molar-refractivity contribution is 0.344. The number of nitriles is 2. The van der Waals surface area contributed by atoms with E-state index in [4.69, 9.17) is 20.9 Å². The Morgan fingerprint density at radius 1 is 0.857 bits per heavy atom. The molecule has 0 aliphatic heterocycles. The van der Waals surface area contributed by atoms with E-state index < -0.39 is 0 Å². The van der Waals surface area contributed by atoms with Crippen molar-refractivity contribution in [1.29, 1.82) is 10.5 Å². The zero-order valence-electron chi connectivity index (χ0n) is 11.5. The van der Waals surface area contributed by atoms with E-state index in [1.165, 1.54) is 0 Å². The maximum absolute atomic E-state index is 8.85. The largest absolute Gasteiger partial charge is 0.426 e. The summed E-state index contributed by atoms with van der Waals surface area (Å²) in [7, 11) is 0. The van der Waals surface area contributed by atoms with Crippen LogP contribution in [-0.4, -0.2) is 20.1 Å². The second-order valence-corrected chi connectivity index (χ2v) is 4.51. The van der Waals surface area contributed by atoms with Gasteiger partial charge in [0.25, 0.3) is 0 Å². The molecule has 102 valence electrons. The molecular weight excluding hydrogens is 261 g/mol. The highest BCUT2D eigenvalue weighted by atomic mass is 16.4. The van der Waals surface area contributed by atoms with Gasteiger partial charge in [0.05, 0.1) is 23.3 Å². The molecule has 0 saturated heterocycles. The lowest BCUT2D eigenvalue weighted by Crippen LogP contribution is -2.45. The molecule has 2 N–H and O–H groups in total. The molecule has 0 bridgehead atoms. The minimum absolute atomic E-state index is 0.256. The Hall–Kier alpha value is -2.60. The molecular formula is C16H14BN3O. The summed E-state index contributed by atoms with van der Waals surface area (Å²) >= 11 is 0. The number of nitrogens with two attached hydrogens (primary N) is 1. The highest BCUT2D eigenvalue weighted by Crippen LogP contribution is 2.00. The van der Waals surface area contributed by atoms with Crippen LogP contribution in [0.5, 0.6) is 0 Å². The number of benzene rings is 2. The summed E-state index contributed by atoms with van der Waals surface area (Å²) in [5.74, 6) is 0. The average molecular weight is 275 g/mol. The van der Waals surface area contributed by atoms with Gasteiger partial charge in [0, 0.05) is 13.2 Å². The Kier molecular flexibility index (Phi) is 5.12. The average Bonchev–Trinajstić information content (AvgIpc) is 2.56. The molecule has 0 radical (unpaired) electrons. The van der Waals surface area contributed by atoms with E-state index >= 15 is 0 Å². The van der Waals surface area contributed by atoms with Crippen molar-refractivity contribution >= 4 is 17.8 Å². The van der Waals surface area contributed by atoms with Crippen LogP contribution in [-0.2, 0) is 4.65 Å². The van der Waals surface area contributed by atoms with Gasteiger partial charge < -0.3 is 10.4 Å². The Bertz CT molecular complexity index is 611. The number of hydrogen-bond donors (Lipinski definition) is 1. The first kappa shape index (κ1) is 14.8. The maximum atomic E-state index is 8.85. The molecule has 2 rings (SSSR count). The van der Waals surface area contributed by atoms with Crippen molar-refractivity contribution < 1.29 is 4.65 Å². The Balaban J connectivity index is 2.32. The van der Waals surface area contributed by atoms with Gasteiger partial charge in [0.2, 0.25) is 0 Å². The van der Waals surface area contributed by atoms with E-state index in [0.29, 0.717) is 24.3 Å². The maximum Gasteiger partial charge on any atom is 0.361 e. The SMILES string of the molecule is N#Cc1ccc(B(OCCN)c2ccc(C#N)cc2)cc1. The van der Waals surface area contributed by atoms with Gasteiger partial charge in [-0.3, -0.25) is 0 Å². The number of hydrogen-bond acceptors (Lipinski definition) is 4. The van der Waals surface area contributed by atoms with Crippen molar-refractivity contribution in [2.75, 3.05) is 13.2 Å². The van der Waals surface area contributed by atoms with Gasteiger partial charge in [-0.25, -0.2) is 0 Å². The third-order valence-electron chi connectivity index (χ3n) is 3.09. The summed E-state index contributed by atoms with van der Waals surface area (Å²) in [5, 5.41) is 17.7. The van der Waals surface area contributed by atoms with Crippen LogP contribution in [0.4, 0.5) is 0 Å². The molecule has 2 aromatic rings. The van der Waals surface area contributed by atoms with Crippen LogP contribution < -0.4 is 16.7 Å². The van der Waals surface area contributed by atoms with E-state index in [9.17, 15) is 0 Å². The summed E-state index contributed by atoms with van der Waals surface area (Å²) in [6.45, 7) is 0.613. The third kappa shape index (κ3) is 3.70. The third-order valence-corrected chi connectivity index (χ3v) is 3.09. The van der Waals surface area contributed by atoms with Gasteiger partial charge in [-0.1, -0.05) is 24.3 Å². The quantitative estimate of drug-likeness (QED) is 0.806. The van der Waals surface area contributed by atoms with Gasteiger partial charge in [-0.15, -0.1) is 0 Å². The van der Waals surface area contributed by atoms with Gasteiger partial charge in [-0.2, -0.15) is 10.5 Å². The fourth-order valence-electron chi connectivity index (χ4n) is 2.04. The monoisotopic (exact) mass is 275 g/mol. The zero-order chi connectivity index (χ0) is 15.1. The second kappa shape index (κ2) is 7.26. The van der Waals surface area contributed by atoms with Gasteiger partial charge in [0.1, 0.15) is 0 Å².